The Morgan fingerprint density at radius 2 is 1.81 bits per heavy atom. The maximum Gasteiger partial charge on any atom is 0.166 e. The molecule has 3 aromatic heterocycles. The second-order valence-electron chi connectivity index (χ2n) is 6.37. The van der Waals surface area contributed by atoms with E-state index in [0.29, 0.717) is 5.75 Å². The lowest BCUT2D eigenvalue weighted by atomic mass is 10.2. The number of rotatable bonds is 4. The third kappa shape index (κ3) is 2.98. The maximum atomic E-state index is 4.83. The molecule has 5 nitrogen and oxygen atoms in total. The molecule has 132 valence electrons. The topological polar surface area (TPSA) is 58.9 Å². The summed E-state index contributed by atoms with van der Waals surface area (Å²) < 4.78 is 1.95. The normalized spacial score (nSPS) is 11.4. The first-order chi connectivity index (χ1) is 13.3. The maximum absolute atomic E-state index is 4.83. The fraction of sp³-hybridized carbons (Fsp3) is 0.0952. The molecule has 1 N–H and O–H groups in total. The molecule has 0 aliphatic carbocycles. The number of aromatic amines is 1. The van der Waals surface area contributed by atoms with Crippen molar-refractivity contribution in [1.82, 2.24) is 24.6 Å². The molecule has 0 aliphatic rings. The summed E-state index contributed by atoms with van der Waals surface area (Å²) in [6.07, 6.45) is 1.94. The summed E-state index contributed by atoms with van der Waals surface area (Å²) in [4.78, 5) is 12.8. The number of nitrogens with one attached hydrogen (secondary N) is 1. The molecule has 0 atom stereocenters. The first kappa shape index (κ1) is 16.1. The zero-order chi connectivity index (χ0) is 18.2. The number of hydrogen-bond acceptors (Lipinski definition) is 4. The Morgan fingerprint density at radius 3 is 2.70 bits per heavy atom. The highest BCUT2D eigenvalue weighted by atomic mass is 32.2. The zero-order valence-corrected chi connectivity index (χ0v) is 15.6. The van der Waals surface area contributed by atoms with Gasteiger partial charge in [0.25, 0.3) is 0 Å². The summed E-state index contributed by atoms with van der Waals surface area (Å²) in [6, 6.07) is 20.5. The van der Waals surface area contributed by atoms with Gasteiger partial charge in [-0.15, -0.1) is 0 Å². The highest BCUT2D eigenvalue weighted by molar-refractivity contribution is 7.98. The number of aryl methyl sites for hydroxylation is 1. The number of hydrogen-bond donors (Lipinski definition) is 1. The summed E-state index contributed by atoms with van der Waals surface area (Å²) in [7, 11) is 0. The largest absolute Gasteiger partial charge is 0.339 e. The van der Waals surface area contributed by atoms with E-state index in [1.54, 1.807) is 11.8 Å². The summed E-state index contributed by atoms with van der Waals surface area (Å²) in [6.45, 7) is 2.01. The van der Waals surface area contributed by atoms with E-state index in [9.17, 15) is 0 Å². The van der Waals surface area contributed by atoms with Crippen molar-refractivity contribution < 1.29 is 0 Å². The van der Waals surface area contributed by atoms with Crippen molar-refractivity contribution >= 4 is 28.2 Å². The highest BCUT2D eigenvalue weighted by Crippen LogP contribution is 2.26. The fourth-order valence-electron chi connectivity index (χ4n) is 3.22. The molecule has 0 fully saturated rings. The Labute approximate surface area is 160 Å². The van der Waals surface area contributed by atoms with Crippen LogP contribution in [0.4, 0.5) is 0 Å². The van der Waals surface area contributed by atoms with E-state index in [2.05, 4.69) is 34.3 Å². The molecule has 0 spiro atoms. The molecule has 0 saturated heterocycles. The minimum atomic E-state index is 0.685. The Bertz CT molecular complexity index is 1240. The zero-order valence-electron chi connectivity index (χ0n) is 14.8. The molecule has 5 aromatic rings. The summed E-state index contributed by atoms with van der Waals surface area (Å²) >= 11 is 1.63. The van der Waals surface area contributed by atoms with Crippen LogP contribution < -0.4 is 0 Å². The minimum Gasteiger partial charge on any atom is -0.339 e. The van der Waals surface area contributed by atoms with E-state index in [-0.39, 0.29) is 0 Å². The van der Waals surface area contributed by atoms with Gasteiger partial charge in [-0.05, 0) is 19.1 Å². The molecule has 27 heavy (non-hydrogen) atoms. The van der Waals surface area contributed by atoms with Crippen molar-refractivity contribution in [3.8, 4) is 11.3 Å². The lowest BCUT2D eigenvalue weighted by Crippen LogP contribution is -2.02. The first-order valence-electron chi connectivity index (χ1n) is 8.75. The van der Waals surface area contributed by atoms with Crippen molar-refractivity contribution in [3.63, 3.8) is 0 Å². The van der Waals surface area contributed by atoms with Crippen molar-refractivity contribution in [2.24, 2.45) is 0 Å². The van der Waals surface area contributed by atoms with Gasteiger partial charge >= 0.3 is 0 Å². The van der Waals surface area contributed by atoms with Gasteiger partial charge in [-0.1, -0.05) is 60.3 Å². The van der Waals surface area contributed by atoms with Crippen LogP contribution >= 0.6 is 11.8 Å². The molecule has 5 rings (SSSR count). The number of thioether (sulfide) groups is 1. The van der Waals surface area contributed by atoms with E-state index < -0.39 is 0 Å². The van der Waals surface area contributed by atoms with Crippen LogP contribution in [0, 0.1) is 6.92 Å². The molecule has 0 radical (unpaired) electrons. The van der Waals surface area contributed by atoms with Crippen molar-refractivity contribution in [3.05, 3.63) is 78.4 Å². The number of nitrogens with zero attached hydrogens (tertiary/aromatic N) is 4. The third-order valence-electron chi connectivity index (χ3n) is 4.47. The average molecular weight is 371 g/mol. The van der Waals surface area contributed by atoms with Gasteiger partial charge in [0.2, 0.25) is 0 Å². The van der Waals surface area contributed by atoms with Gasteiger partial charge in [-0.2, -0.15) is 5.10 Å². The lowest BCUT2D eigenvalue weighted by molar-refractivity contribution is 0.851. The smallest absolute Gasteiger partial charge is 0.166 e. The van der Waals surface area contributed by atoms with Crippen molar-refractivity contribution in [1.29, 1.82) is 0 Å². The predicted octanol–water partition coefficient (Wildman–Crippen LogP) is 4.87. The molecule has 6 heteroatoms. The summed E-state index contributed by atoms with van der Waals surface area (Å²) in [5.74, 6) is 1.60. The minimum absolute atomic E-state index is 0.685. The second kappa shape index (κ2) is 6.55. The number of fused-ring (bicyclic) bond motifs is 3. The SMILES string of the molecule is Cc1cc2c3ccccc3nc(CSc3nc(-c4ccccc4)c[nH]3)n2n1. The number of benzene rings is 2. The Hall–Kier alpha value is -3.12. The average Bonchev–Trinajstić information content (AvgIpc) is 3.33. The molecular formula is C21H17N5S. The van der Waals surface area contributed by atoms with Crippen LogP contribution in [-0.2, 0) is 5.75 Å². The lowest BCUT2D eigenvalue weighted by Gasteiger charge is -2.06. The van der Waals surface area contributed by atoms with Crippen LogP contribution in [0.2, 0.25) is 0 Å². The van der Waals surface area contributed by atoms with Gasteiger partial charge in [0, 0.05) is 17.1 Å². The number of para-hydroxylation sites is 1. The number of aromatic nitrogens is 5. The van der Waals surface area contributed by atoms with Crippen LogP contribution in [0.3, 0.4) is 0 Å². The molecule has 0 aliphatic heterocycles. The van der Waals surface area contributed by atoms with Crippen molar-refractivity contribution in [2.45, 2.75) is 17.8 Å². The molecular weight excluding hydrogens is 354 g/mol. The van der Waals surface area contributed by atoms with E-state index >= 15 is 0 Å². The van der Waals surface area contributed by atoms with Gasteiger partial charge < -0.3 is 4.98 Å². The van der Waals surface area contributed by atoms with Gasteiger partial charge in [0.15, 0.2) is 5.16 Å². The third-order valence-corrected chi connectivity index (χ3v) is 5.35. The fourth-order valence-corrected chi connectivity index (χ4v) is 3.98. The Kier molecular flexibility index (Phi) is 3.90. The summed E-state index contributed by atoms with van der Waals surface area (Å²) in [5, 5.41) is 6.64. The van der Waals surface area contributed by atoms with E-state index in [1.807, 2.05) is 54.0 Å². The van der Waals surface area contributed by atoms with E-state index in [1.165, 1.54) is 0 Å². The number of H-pyrrole nitrogens is 1. The number of imidazole rings is 1. The second-order valence-corrected chi connectivity index (χ2v) is 7.34. The van der Waals surface area contributed by atoms with Gasteiger partial charge in [-0.25, -0.2) is 14.5 Å². The molecule has 0 saturated carbocycles. The van der Waals surface area contributed by atoms with Gasteiger partial charge in [0.1, 0.15) is 5.82 Å². The van der Waals surface area contributed by atoms with E-state index in [0.717, 1.165) is 44.4 Å². The van der Waals surface area contributed by atoms with Crippen molar-refractivity contribution in [2.75, 3.05) is 0 Å². The van der Waals surface area contributed by atoms with E-state index in [4.69, 9.17) is 9.97 Å². The van der Waals surface area contributed by atoms with Crippen LogP contribution in [0.1, 0.15) is 11.5 Å². The molecule has 3 heterocycles. The van der Waals surface area contributed by atoms with Crippen LogP contribution in [0.5, 0.6) is 0 Å². The van der Waals surface area contributed by atoms with Gasteiger partial charge in [0.05, 0.1) is 28.2 Å². The van der Waals surface area contributed by atoms with Crippen LogP contribution in [0.15, 0.2) is 72.0 Å². The Morgan fingerprint density at radius 1 is 1.00 bits per heavy atom. The quantitative estimate of drug-likeness (QED) is 0.458. The predicted molar refractivity (Wildman–Crippen MR) is 109 cm³/mol. The standard InChI is InChI=1S/C21H17N5S/c1-14-11-19-16-9-5-6-10-17(16)23-20(26(19)25-14)13-27-21-22-12-18(24-21)15-7-3-2-4-8-15/h2-12H,13H2,1H3,(H,22,24). The monoisotopic (exact) mass is 371 g/mol. The van der Waals surface area contributed by atoms with Crippen LogP contribution in [-0.4, -0.2) is 24.6 Å². The molecule has 2 aromatic carbocycles. The van der Waals surface area contributed by atoms with Gasteiger partial charge in [-0.3, -0.25) is 0 Å². The first-order valence-corrected chi connectivity index (χ1v) is 9.74. The highest BCUT2D eigenvalue weighted by Gasteiger charge is 2.12. The molecule has 0 bridgehead atoms. The van der Waals surface area contributed by atoms with Crippen LogP contribution in [0.25, 0.3) is 27.7 Å². The Balaban J connectivity index is 1.47. The molecule has 0 amide bonds. The molecule has 0 unspecified atom stereocenters. The summed E-state index contributed by atoms with van der Waals surface area (Å²) in [5.41, 5.74) is 5.13.